The summed E-state index contributed by atoms with van der Waals surface area (Å²) in [4.78, 5) is 22.7. The van der Waals surface area contributed by atoms with E-state index in [1.165, 1.54) is 0 Å². The number of aryl methyl sites for hydroxylation is 2. The number of methoxy groups -OCH3 is 1. The molecule has 3 aromatic rings. The van der Waals surface area contributed by atoms with Crippen LogP contribution >= 0.6 is 0 Å². The highest BCUT2D eigenvalue weighted by Gasteiger charge is 2.32. The van der Waals surface area contributed by atoms with E-state index in [9.17, 15) is 4.79 Å². The Balaban J connectivity index is 1.48. The number of hydrogen-bond acceptors (Lipinski definition) is 6. The lowest BCUT2D eigenvalue weighted by Gasteiger charge is -2.35. The van der Waals surface area contributed by atoms with Crippen LogP contribution in [0.15, 0.2) is 30.5 Å². The molecule has 0 bridgehead atoms. The molecule has 0 saturated carbocycles. The Morgan fingerprint density at radius 3 is 2.76 bits per heavy atom. The molecule has 2 saturated heterocycles. The predicted molar refractivity (Wildman–Crippen MR) is 128 cm³/mol. The fourth-order valence-electron chi connectivity index (χ4n) is 5.09. The molecule has 0 radical (unpaired) electrons. The van der Waals surface area contributed by atoms with E-state index in [-0.39, 0.29) is 18.0 Å². The quantitative estimate of drug-likeness (QED) is 0.659. The Bertz CT molecular complexity index is 1190. The molecule has 2 fully saturated rings. The van der Waals surface area contributed by atoms with Gasteiger partial charge in [0.15, 0.2) is 5.65 Å². The molecule has 2 aliphatic heterocycles. The molecule has 2 aromatic heterocycles. The molecular formula is C25H32N6O2. The lowest BCUT2D eigenvalue weighted by Crippen LogP contribution is -2.38. The summed E-state index contributed by atoms with van der Waals surface area (Å²) in [7, 11) is 1.61. The maximum absolute atomic E-state index is 13.6. The third-order valence-corrected chi connectivity index (χ3v) is 6.84. The lowest BCUT2D eigenvalue weighted by molar-refractivity contribution is 0.0602. The number of benzene rings is 1. The van der Waals surface area contributed by atoms with E-state index in [1.807, 2.05) is 46.8 Å². The van der Waals surface area contributed by atoms with Crippen LogP contribution in [0.5, 0.6) is 5.75 Å². The summed E-state index contributed by atoms with van der Waals surface area (Å²) < 4.78 is 7.36. The van der Waals surface area contributed by atoms with Crippen LogP contribution in [-0.2, 0) is 0 Å². The third kappa shape index (κ3) is 4.04. The van der Waals surface area contributed by atoms with Gasteiger partial charge < -0.3 is 20.3 Å². The molecule has 2 unspecified atom stereocenters. The first-order valence-electron chi connectivity index (χ1n) is 11.8. The van der Waals surface area contributed by atoms with Crippen molar-refractivity contribution in [1.82, 2.24) is 19.5 Å². The smallest absolute Gasteiger partial charge is 0.258 e. The van der Waals surface area contributed by atoms with E-state index in [0.717, 1.165) is 67.1 Å². The van der Waals surface area contributed by atoms with Crippen LogP contribution in [0.3, 0.4) is 0 Å². The molecule has 1 aromatic carbocycles. The van der Waals surface area contributed by atoms with E-state index >= 15 is 0 Å². The number of aromatic nitrogens is 3. The van der Waals surface area contributed by atoms with E-state index < -0.39 is 0 Å². The molecule has 5 rings (SSSR count). The zero-order valence-corrected chi connectivity index (χ0v) is 19.6. The largest absolute Gasteiger partial charge is 0.496 e. The molecule has 0 spiro atoms. The van der Waals surface area contributed by atoms with Crippen molar-refractivity contribution in [3.63, 3.8) is 0 Å². The monoisotopic (exact) mass is 448 g/mol. The van der Waals surface area contributed by atoms with Crippen LogP contribution in [0.2, 0.25) is 0 Å². The number of nitrogens with zero attached hydrogens (tertiary/aromatic N) is 5. The van der Waals surface area contributed by atoms with Crippen molar-refractivity contribution in [1.29, 1.82) is 0 Å². The third-order valence-electron chi connectivity index (χ3n) is 6.84. The number of nitrogens with two attached hydrogens (primary N) is 1. The fraction of sp³-hybridized carbons (Fsp3) is 0.480. The van der Waals surface area contributed by atoms with Gasteiger partial charge >= 0.3 is 0 Å². The number of piperidine rings is 1. The number of ether oxygens (including phenoxy) is 1. The molecule has 174 valence electrons. The summed E-state index contributed by atoms with van der Waals surface area (Å²) in [6.07, 6.45) is 5.95. The van der Waals surface area contributed by atoms with Crippen molar-refractivity contribution in [3.05, 3.63) is 52.8 Å². The SMILES string of the molecule is COc1cc(C)ccc1C(=O)N1CCCCC1c1cc2nc(N3CCC(N)C3)c(C)cn2n1. The molecule has 2 atom stereocenters. The molecule has 4 heterocycles. The van der Waals surface area contributed by atoms with Gasteiger partial charge in [-0.15, -0.1) is 0 Å². The zero-order valence-electron chi connectivity index (χ0n) is 19.6. The Labute approximate surface area is 194 Å². The normalized spacial score (nSPS) is 21.1. The van der Waals surface area contributed by atoms with Crippen LogP contribution < -0.4 is 15.4 Å². The maximum atomic E-state index is 13.6. The van der Waals surface area contributed by atoms with Gasteiger partial charge in [0, 0.05) is 43.5 Å². The standard InChI is InChI=1S/C25H32N6O2/c1-16-7-8-19(22(12-16)33-3)25(32)30-10-5-4-6-21(30)20-13-23-27-24(17(2)14-31(23)28-20)29-11-9-18(26)15-29/h7-8,12-14,18,21H,4-6,9-11,15,26H2,1-3H3. The second kappa shape index (κ2) is 8.67. The first-order chi connectivity index (χ1) is 15.9. The highest BCUT2D eigenvalue weighted by molar-refractivity contribution is 5.97. The summed E-state index contributed by atoms with van der Waals surface area (Å²) in [5.41, 5.74) is 10.5. The fourth-order valence-corrected chi connectivity index (χ4v) is 5.09. The molecule has 1 amide bonds. The number of fused-ring (bicyclic) bond motifs is 1. The Hall–Kier alpha value is -3.13. The van der Waals surface area contributed by atoms with Gasteiger partial charge in [-0.25, -0.2) is 9.50 Å². The number of hydrogen-bond donors (Lipinski definition) is 1. The first-order valence-corrected chi connectivity index (χ1v) is 11.8. The topological polar surface area (TPSA) is 89.0 Å². The molecule has 33 heavy (non-hydrogen) atoms. The average Bonchev–Trinajstić information content (AvgIpc) is 3.43. The van der Waals surface area contributed by atoms with Gasteiger partial charge in [-0.2, -0.15) is 5.10 Å². The molecule has 0 aliphatic carbocycles. The van der Waals surface area contributed by atoms with Gasteiger partial charge in [0.2, 0.25) is 0 Å². The molecule has 2 aliphatic rings. The number of carbonyl (C=O) groups is 1. The summed E-state index contributed by atoms with van der Waals surface area (Å²) in [5.74, 6) is 1.58. The zero-order chi connectivity index (χ0) is 23.1. The molecule has 8 nitrogen and oxygen atoms in total. The van der Waals surface area contributed by atoms with E-state index in [4.69, 9.17) is 20.6 Å². The van der Waals surface area contributed by atoms with Crippen LogP contribution in [0.4, 0.5) is 5.82 Å². The first kappa shape index (κ1) is 21.7. The van der Waals surface area contributed by atoms with Gasteiger partial charge in [-0.05, 0) is 57.2 Å². The van der Waals surface area contributed by atoms with Crippen molar-refractivity contribution in [2.75, 3.05) is 31.6 Å². The number of likely N-dealkylation sites (tertiary alicyclic amines) is 1. The molecule has 8 heteroatoms. The summed E-state index contributed by atoms with van der Waals surface area (Å²) in [5, 5.41) is 4.85. The summed E-state index contributed by atoms with van der Waals surface area (Å²) in [6, 6.07) is 7.88. The van der Waals surface area contributed by atoms with Crippen molar-refractivity contribution in [2.24, 2.45) is 5.73 Å². The van der Waals surface area contributed by atoms with Crippen molar-refractivity contribution in [3.8, 4) is 5.75 Å². The second-order valence-electron chi connectivity index (χ2n) is 9.33. The average molecular weight is 449 g/mol. The summed E-state index contributed by atoms with van der Waals surface area (Å²) >= 11 is 0. The second-order valence-corrected chi connectivity index (χ2v) is 9.33. The Kier molecular flexibility index (Phi) is 5.70. The van der Waals surface area contributed by atoms with Gasteiger partial charge in [0.1, 0.15) is 11.6 Å². The molecule has 2 N–H and O–H groups in total. The minimum absolute atomic E-state index is 0.00973. The molecular weight excluding hydrogens is 416 g/mol. The predicted octanol–water partition coefficient (Wildman–Crippen LogP) is 3.26. The van der Waals surface area contributed by atoms with Crippen molar-refractivity contribution in [2.45, 2.75) is 51.6 Å². The van der Waals surface area contributed by atoms with Crippen LogP contribution in [0.25, 0.3) is 5.65 Å². The number of amides is 1. The van der Waals surface area contributed by atoms with Gasteiger partial charge in [-0.1, -0.05) is 6.07 Å². The number of anilines is 1. The van der Waals surface area contributed by atoms with Gasteiger partial charge in [0.25, 0.3) is 5.91 Å². The van der Waals surface area contributed by atoms with Crippen molar-refractivity contribution < 1.29 is 9.53 Å². The van der Waals surface area contributed by atoms with Crippen LogP contribution in [-0.4, -0.2) is 58.2 Å². The van der Waals surface area contributed by atoms with Crippen molar-refractivity contribution >= 4 is 17.4 Å². The number of rotatable bonds is 4. The van der Waals surface area contributed by atoms with Gasteiger partial charge in [-0.3, -0.25) is 4.79 Å². The minimum Gasteiger partial charge on any atom is -0.496 e. The minimum atomic E-state index is -0.0806. The van der Waals surface area contributed by atoms with Crippen LogP contribution in [0.1, 0.15) is 58.9 Å². The Morgan fingerprint density at radius 2 is 2.00 bits per heavy atom. The number of carbonyl (C=O) groups excluding carboxylic acids is 1. The lowest BCUT2D eigenvalue weighted by atomic mass is 9.97. The van der Waals surface area contributed by atoms with E-state index in [1.54, 1.807) is 7.11 Å². The van der Waals surface area contributed by atoms with Crippen LogP contribution in [0, 0.1) is 13.8 Å². The van der Waals surface area contributed by atoms with E-state index in [0.29, 0.717) is 17.9 Å². The summed E-state index contributed by atoms with van der Waals surface area (Å²) in [6.45, 7) is 6.52. The highest BCUT2D eigenvalue weighted by atomic mass is 16.5. The highest BCUT2D eigenvalue weighted by Crippen LogP contribution is 2.34. The maximum Gasteiger partial charge on any atom is 0.258 e. The van der Waals surface area contributed by atoms with Gasteiger partial charge in [0.05, 0.1) is 24.4 Å². The van der Waals surface area contributed by atoms with E-state index in [2.05, 4.69) is 11.8 Å². The Morgan fingerprint density at radius 1 is 1.15 bits per heavy atom.